The number of nitrogens with two attached hydrogens (primary N) is 1. The van der Waals surface area contributed by atoms with Crippen LogP contribution >= 0.6 is 0 Å². The second-order valence-electron chi connectivity index (χ2n) is 7.04. The van der Waals surface area contributed by atoms with Crippen molar-refractivity contribution < 1.29 is 0 Å². The van der Waals surface area contributed by atoms with Crippen molar-refractivity contribution >= 4 is 0 Å². The molecule has 2 N–H and O–H groups in total. The molecule has 102 valence electrons. The standard InChI is InChI=1S/C15H32N2/c1-7-8-17(12(2)3)15(11-16)10-14(5,6)9-13(15)4/h12-13H,7-11,16H2,1-6H3. The van der Waals surface area contributed by atoms with Crippen molar-refractivity contribution in [1.82, 2.24) is 4.90 Å². The van der Waals surface area contributed by atoms with Gasteiger partial charge in [0.2, 0.25) is 0 Å². The first kappa shape index (κ1) is 15.0. The minimum absolute atomic E-state index is 0.230. The van der Waals surface area contributed by atoms with Crippen LogP contribution in [0.3, 0.4) is 0 Å². The van der Waals surface area contributed by atoms with Crippen LogP contribution in [0, 0.1) is 11.3 Å². The Kier molecular flexibility index (Phi) is 4.65. The van der Waals surface area contributed by atoms with Crippen molar-refractivity contribution in [2.75, 3.05) is 13.1 Å². The third kappa shape index (κ3) is 2.85. The first-order valence-electron chi connectivity index (χ1n) is 7.26. The van der Waals surface area contributed by atoms with E-state index >= 15 is 0 Å². The summed E-state index contributed by atoms with van der Waals surface area (Å²) in [6.07, 6.45) is 3.76. The summed E-state index contributed by atoms with van der Waals surface area (Å²) in [6, 6.07) is 0.592. The Morgan fingerprint density at radius 3 is 2.24 bits per heavy atom. The van der Waals surface area contributed by atoms with Gasteiger partial charge in [-0.2, -0.15) is 0 Å². The second-order valence-corrected chi connectivity index (χ2v) is 7.04. The van der Waals surface area contributed by atoms with Gasteiger partial charge in [-0.25, -0.2) is 0 Å². The summed E-state index contributed by atoms with van der Waals surface area (Å²) in [6.45, 7) is 16.1. The van der Waals surface area contributed by atoms with Gasteiger partial charge in [0.05, 0.1) is 0 Å². The summed E-state index contributed by atoms with van der Waals surface area (Å²) < 4.78 is 0. The normalized spacial score (nSPS) is 32.6. The molecule has 2 nitrogen and oxygen atoms in total. The van der Waals surface area contributed by atoms with Gasteiger partial charge in [-0.3, -0.25) is 4.90 Å². The molecule has 17 heavy (non-hydrogen) atoms. The van der Waals surface area contributed by atoms with Crippen molar-refractivity contribution in [3.05, 3.63) is 0 Å². The molecule has 0 aromatic rings. The molecule has 0 amide bonds. The molecule has 2 unspecified atom stereocenters. The lowest BCUT2D eigenvalue weighted by Crippen LogP contribution is -2.58. The van der Waals surface area contributed by atoms with Crippen molar-refractivity contribution in [2.24, 2.45) is 17.1 Å². The molecule has 1 rings (SSSR count). The van der Waals surface area contributed by atoms with Crippen LogP contribution < -0.4 is 5.73 Å². The SMILES string of the molecule is CCCN(C(C)C)C1(CN)CC(C)(C)CC1C. The first-order chi connectivity index (χ1) is 7.79. The summed E-state index contributed by atoms with van der Waals surface area (Å²) in [5.74, 6) is 0.705. The molecular formula is C15H32N2. The van der Waals surface area contributed by atoms with Crippen molar-refractivity contribution in [3.63, 3.8) is 0 Å². The topological polar surface area (TPSA) is 29.3 Å². The molecule has 0 aromatic carbocycles. The molecule has 1 aliphatic rings. The largest absolute Gasteiger partial charge is 0.329 e. The van der Waals surface area contributed by atoms with Gasteiger partial charge in [-0.1, -0.05) is 27.7 Å². The summed E-state index contributed by atoms with van der Waals surface area (Å²) in [5.41, 5.74) is 6.88. The Hall–Kier alpha value is -0.0800. The molecule has 0 saturated heterocycles. The Morgan fingerprint density at radius 1 is 1.35 bits per heavy atom. The zero-order valence-corrected chi connectivity index (χ0v) is 12.7. The summed E-state index contributed by atoms with van der Waals surface area (Å²) >= 11 is 0. The van der Waals surface area contributed by atoms with E-state index in [-0.39, 0.29) is 5.54 Å². The Balaban J connectivity index is 3.01. The Morgan fingerprint density at radius 2 is 1.94 bits per heavy atom. The van der Waals surface area contributed by atoms with E-state index in [2.05, 4.69) is 46.4 Å². The molecule has 2 heteroatoms. The molecule has 1 fully saturated rings. The highest BCUT2D eigenvalue weighted by molar-refractivity contribution is 5.06. The van der Waals surface area contributed by atoms with Gasteiger partial charge in [-0.05, 0) is 51.0 Å². The highest BCUT2D eigenvalue weighted by Gasteiger charge is 2.51. The van der Waals surface area contributed by atoms with Gasteiger partial charge in [0, 0.05) is 18.1 Å². The van der Waals surface area contributed by atoms with Gasteiger partial charge in [0.15, 0.2) is 0 Å². The number of hydrogen-bond acceptors (Lipinski definition) is 2. The molecule has 2 atom stereocenters. The minimum atomic E-state index is 0.230. The fourth-order valence-electron chi connectivity index (χ4n) is 4.11. The molecule has 0 spiro atoms. The average molecular weight is 240 g/mol. The van der Waals surface area contributed by atoms with E-state index in [4.69, 9.17) is 5.73 Å². The van der Waals surface area contributed by atoms with E-state index in [0.29, 0.717) is 17.4 Å². The molecule has 0 aliphatic heterocycles. The molecular weight excluding hydrogens is 208 g/mol. The smallest absolute Gasteiger partial charge is 0.0365 e. The fraction of sp³-hybridized carbons (Fsp3) is 1.00. The van der Waals surface area contributed by atoms with Crippen LogP contribution in [0.4, 0.5) is 0 Å². The molecule has 0 aromatic heterocycles. The van der Waals surface area contributed by atoms with Gasteiger partial charge < -0.3 is 5.73 Å². The Labute approximate surface area is 108 Å². The zero-order valence-electron chi connectivity index (χ0n) is 12.7. The molecule has 1 aliphatic carbocycles. The molecule has 1 saturated carbocycles. The maximum absolute atomic E-state index is 6.21. The maximum Gasteiger partial charge on any atom is 0.0365 e. The van der Waals surface area contributed by atoms with Crippen molar-refractivity contribution in [2.45, 2.75) is 72.4 Å². The maximum atomic E-state index is 6.21. The number of nitrogens with zero attached hydrogens (tertiary/aromatic N) is 1. The van der Waals surface area contributed by atoms with E-state index in [0.717, 1.165) is 6.54 Å². The van der Waals surface area contributed by atoms with Gasteiger partial charge in [0.25, 0.3) is 0 Å². The third-order valence-corrected chi connectivity index (χ3v) is 4.57. The summed E-state index contributed by atoms with van der Waals surface area (Å²) in [7, 11) is 0. The summed E-state index contributed by atoms with van der Waals surface area (Å²) in [4.78, 5) is 2.67. The zero-order chi connectivity index (χ0) is 13.3. The van der Waals surface area contributed by atoms with Crippen LogP contribution in [0.5, 0.6) is 0 Å². The predicted molar refractivity (Wildman–Crippen MR) is 76.1 cm³/mol. The van der Waals surface area contributed by atoms with Gasteiger partial charge in [-0.15, -0.1) is 0 Å². The highest BCUT2D eigenvalue weighted by Crippen LogP contribution is 2.50. The highest BCUT2D eigenvalue weighted by atomic mass is 15.2. The first-order valence-corrected chi connectivity index (χ1v) is 7.26. The van der Waals surface area contributed by atoms with Crippen molar-refractivity contribution in [1.29, 1.82) is 0 Å². The van der Waals surface area contributed by atoms with Crippen molar-refractivity contribution in [3.8, 4) is 0 Å². The van der Waals surface area contributed by atoms with E-state index < -0.39 is 0 Å². The molecule has 0 heterocycles. The summed E-state index contributed by atoms with van der Waals surface area (Å²) in [5, 5.41) is 0. The lowest BCUT2D eigenvalue weighted by atomic mass is 9.83. The Bertz CT molecular complexity index is 247. The molecule has 0 radical (unpaired) electrons. The van der Waals surface area contributed by atoms with Crippen LogP contribution in [-0.2, 0) is 0 Å². The van der Waals surface area contributed by atoms with Crippen LogP contribution in [0.15, 0.2) is 0 Å². The van der Waals surface area contributed by atoms with Gasteiger partial charge in [0.1, 0.15) is 0 Å². The lowest BCUT2D eigenvalue weighted by Gasteiger charge is -2.47. The minimum Gasteiger partial charge on any atom is -0.329 e. The number of hydrogen-bond donors (Lipinski definition) is 1. The lowest BCUT2D eigenvalue weighted by molar-refractivity contribution is 0.0309. The fourth-order valence-corrected chi connectivity index (χ4v) is 4.11. The van der Waals surface area contributed by atoms with E-state index in [9.17, 15) is 0 Å². The quantitative estimate of drug-likeness (QED) is 0.799. The molecule has 0 bridgehead atoms. The van der Waals surface area contributed by atoms with Crippen LogP contribution in [0.25, 0.3) is 0 Å². The van der Waals surface area contributed by atoms with Crippen LogP contribution in [0.2, 0.25) is 0 Å². The van der Waals surface area contributed by atoms with E-state index in [1.807, 2.05) is 0 Å². The van der Waals surface area contributed by atoms with Gasteiger partial charge >= 0.3 is 0 Å². The monoisotopic (exact) mass is 240 g/mol. The predicted octanol–water partition coefficient (Wildman–Crippen LogP) is 3.26. The average Bonchev–Trinajstić information content (AvgIpc) is 2.45. The number of rotatable bonds is 5. The van der Waals surface area contributed by atoms with E-state index in [1.54, 1.807) is 0 Å². The van der Waals surface area contributed by atoms with Crippen LogP contribution in [-0.4, -0.2) is 29.6 Å². The van der Waals surface area contributed by atoms with Crippen LogP contribution in [0.1, 0.15) is 60.8 Å². The third-order valence-electron chi connectivity index (χ3n) is 4.57. The van der Waals surface area contributed by atoms with E-state index in [1.165, 1.54) is 25.8 Å². The second kappa shape index (κ2) is 5.27.